The summed E-state index contributed by atoms with van der Waals surface area (Å²) in [5, 5.41) is 11.1. The van der Waals surface area contributed by atoms with Crippen molar-refractivity contribution in [2.24, 2.45) is 5.73 Å². The fourth-order valence-corrected chi connectivity index (χ4v) is 0.583. The van der Waals surface area contributed by atoms with E-state index in [0.717, 1.165) is 0 Å². The van der Waals surface area contributed by atoms with E-state index in [9.17, 15) is 4.79 Å². The SMILES string of the molecule is CC(N)CC[C@H](O)NC=O. The predicted octanol–water partition coefficient (Wildman–Crippen LogP) is -0.822. The first-order chi connectivity index (χ1) is 4.66. The summed E-state index contributed by atoms with van der Waals surface area (Å²) in [5.74, 6) is 0. The van der Waals surface area contributed by atoms with Crippen molar-refractivity contribution in [3.63, 3.8) is 0 Å². The van der Waals surface area contributed by atoms with Gasteiger partial charge in [-0.05, 0) is 19.8 Å². The molecule has 0 aromatic carbocycles. The molecule has 0 aliphatic heterocycles. The molecule has 0 aromatic heterocycles. The zero-order chi connectivity index (χ0) is 7.98. The van der Waals surface area contributed by atoms with Gasteiger partial charge in [-0.25, -0.2) is 0 Å². The number of aliphatic hydroxyl groups excluding tert-OH is 1. The second-order valence-corrected chi connectivity index (χ2v) is 2.35. The van der Waals surface area contributed by atoms with Crippen molar-refractivity contribution < 1.29 is 9.90 Å². The molecule has 0 saturated carbocycles. The zero-order valence-electron chi connectivity index (χ0n) is 6.08. The number of carbonyl (C=O) groups excluding carboxylic acids is 1. The lowest BCUT2D eigenvalue weighted by molar-refractivity contribution is -0.112. The Bertz CT molecular complexity index is 95.7. The molecule has 0 aromatic rings. The number of nitrogens with two attached hydrogens (primary N) is 1. The molecule has 1 amide bonds. The highest BCUT2D eigenvalue weighted by atomic mass is 16.3. The van der Waals surface area contributed by atoms with Crippen LogP contribution < -0.4 is 11.1 Å². The molecule has 4 nitrogen and oxygen atoms in total. The second-order valence-electron chi connectivity index (χ2n) is 2.35. The van der Waals surface area contributed by atoms with Crippen LogP contribution >= 0.6 is 0 Å². The summed E-state index contributed by atoms with van der Waals surface area (Å²) in [6.45, 7) is 1.85. The van der Waals surface area contributed by atoms with E-state index in [2.05, 4.69) is 5.32 Å². The lowest BCUT2D eigenvalue weighted by Gasteiger charge is -2.09. The van der Waals surface area contributed by atoms with Gasteiger partial charge in [0.2, 0.25) is 6.41 Å². The lowest BCUT2D eigenvalue weighted by Crippen LogP contribution is -2.29. The summed E-state index contributed by atoms with van der Waals surface area (Å²) in [6, 6.07) is 0.0723. The average molecular weight is 146 g/mol. The summed E-state index contributed by atoms with van der Waals surface area (Å²) in [4.78, 5) is 9.76. The van der Waals surface area contributed by atoms with E-state index in [-0.39, 0.29) is 6.04 Å². The van der Waals surface area contributed by atoms with Gasteiger partial charge in [0.25, 0.3) is 0 Å². The smallest absolute Gasteiger partial charge is 0.209 e. The van der Waals surface area contributed by atoms with E-state index < -0.39 is 6.23 Å². The molecule has 0 radical (unpaired) electrons. The van der Waals surface area contributed by atoms with Crippen LogP contribution in [-0.2, 0) is 4.79 Å². The number of hydrogen-bond acceptors (Lipinski definition) is 3. The number of amides is 1. The van der Waals surface area contributed by atoms with E-state index in [1.165, 1.54) is 0 Å². The molecule has 0 rings (SSSR count). The Kier molecular flexibility index (Phi) is 4.88. The highest BCUT2D eigenvalue weighted by Gasteiger charge is 2.02. The van der Waals surface area contributed by atoms with Crippen LogP contribution in [0.3, 0.4) is 0 Å². The number of hydrogen-bond donors (Lipinski definition) is 3. The molecule has 10 heavy (non-hydrogen) atoms. The summed E-state index contributed by atoms with van der Waals surface area (Å²) in [7, 11) is 0. The number of carbonyl (C=O) groups is 1. The average Bonchev–Trinajstić information content (AvgIpc) is 1.85. The fourth-order valence-electron chi connectivity index (χ4n) is 0.583. The highest BCUT2D eigenvalue weighted by molar-refractivity contribution is 5.46. The minimum Gasteiger partial charge on any atom is -0.374 e. The molecule has 4 heteroatoms. The summed E-state index contributed by atoms with van der Waals surface area (Å²) >= 11 is 0. The van der Waals surface area contributed by atoms with E-state index >= 15 is 0 Å². The van der Waals surface area contributed by atoms with Crippen LogP contribution in [0.15, 0.2) is 0 Å². The lowest BCUT2D eigenvalue weighted by atomic mass is 10.2. The van der Waals surface area contributed by atoms with Gasteiger partial charge in [-0.1, -0.05) is 0 Å². The Balaban J connectivity index is 3.20. The van der Waals surface area contributed by atoms with Crippen LogP contribution in [0.1, 0.15) is 19.8 Å². The molecule has 0 bridgehead atoms. The normalized spacial score (nSPS) is 15.9. The quantitative estimate of drug-likeness (QED) is 0.350. The maximum atomic E-state index is 9.76. The van der Waals surface area contributed by atoms with Gasteiger partial charge >= 0.3 is 0 Å². The molecule has 0 aliphatic rings. The second kappa shape index (κ2) is 5.20. The van der Waals surface area contributed by atoms with Crippen molar-refractivity contribution in [1.29, 1.82) is 0 Å². The maximum absolute atomic E-state index is 9.76. The van der Waals surface area contributed by atoms with Crippen LogP contribution in [-0.4, -0.2) is 23.8 Å². The predicted molar refractivity (Wildman–Crippen MR) is 38.1 cm³/mol. The van der Waals surface area contributed by atoms with Crippen LogP contribution in [0.4, 0.5) is 0 Å². The van der Waals surface area contributed by atoms with E-state index in [4.69, 9.17) is 10.8 Å². The fraction of sp³-hybridized carbons (Fsp3) is 0.833. The Morgan fingerprint density at radius 3 is 2.70 bits per heavy atom. The molecule has 0 aliphatic carbocycles. The van der Waals surface area contributed by atoms with Crippen molar-refractivity contribution in [1.82, 2.24) is 5.32 Å². The van der Waals surface area contributed by atoms with Crippen molar-refractivity contribution in [2.75, 3.05) is 0 Å². The molecule has 2 atom stereocenters. The first kappa shape index (κ1) is 9.39. The van der Waals surface area contributed by atoms with Gasteiger partial charge in [0.1, 0.15) is 6.23 Å². The molecular weight excluding hydrogens is 132 g/mol. The van der Waals surface area contributed by atoms with Gasteiger partial charge < -0.3 is 16.2 Å². The van der Waals surface area contributed by atoms with Crippen molar-refractivity contribution in [2.45, 2.75) is 32.0 Å². The largest absolute Gasteiger partial charge is 0.374 e. The zero-order valence-corrected chi connectivity index (χ0v) is 6.08. The van der Waals surface area contributed by atoms with Gasteiger partial charge in [-0.15, -0.1) is 0 Å². The maximum Gasteiger partial charge on any atom is 0.209 e. The molecule has 4 N–H and O–H groups in total. The van der Waals surface area contributed by atoms with Gasteiger partial charge in [0.05, 0.1) is 0 Å². The minimum atomic E-state index is -0.747. The Labute approximate surface area is 60.4 Å². The van der Waals surface area contributed by atoms with Crippen LogP contribution in [0, 0.1) is 0 Å². The van der Waals surface area contributed by atoms with Crippen LogP contribution in [0.5, 0.6) is 0 Å². The first-order valence-electron chi connectivity index (χ1n) is 3.30. The molecular formula is C6H14N2O2. The summed E-state index contributed by atoms with van der Waals surface area (Å²) in [6.07, 6.45) is 0.952. The first-order valence-corrected chi connectivity index (χ1v) is 3.30. The Morgan fingerprint density at radius 2 is 2.30 bits per heavy atom. The van der Waals surface area contributed by atoms with Crippen LogP contribution in [0.2, 0.25) is 0 Å². The van der Waals surface area contributed by atoms with E-state index in [1.807, 2.05) is 6.92 Å². The number of aliphatic hydroxyl groups is 1. The van der Waals surface area contributed by atoms with Gasteiger partial charge in [-0.3, -0.25) is 4.79 Å². The molecule has 0 fully saturated rings. The van der Waals surface area contributed by atoms with Gasteiger partial charge in [0.15, 0.2) is 0 Å². The van der Waals surface area contributed by atoms with Crippen molar-refractivity contribution >= 4 is 6.41 Å². The van der Waals surface area contributed by atoms with Gasteiger partial charge in [0, 0.05) is 6.04 Å². The minimum absolute atomic E-state index is 0.0723. The monoisotopic (exact) mass is 146 g/mol. The molecule has 60 valence electrons. The van der Waals surface area contributed by atoms with E-state index in [1.54, 1.807) is 0 Å². The van der Waals surface area contributed by atoms with Crippen molar-refractivity contribution in [3.05, 3.63) is 0 Å². The third kappa shape index (κ3) is 5.53. The standard InChI is InChI=1S/C6H14N2O2/c1-5(7)2-3-6(10)8-4-9/h4-6,10H,2-3,7H2,1H3,(H,8,9)/t5?,6-/m0/s1. The molecule has 0 heterocycles. The summed E-state index contributed by atoms with van der Waals surface area (Å²) in [5.41, 5.74) is 5.41. The molecule has 0 saturated heterocycles. The van der Waals surface area contributed by atoms with Crippen LogP contribution in [0.25, 0.3) is 0 Å². The third-order valence-electron chi connectivity index (χ3n) is 1.16. The number of nitrogens with one attached hydrogen (secondary N) is 1. The third-order valence-corrected chi connectivity index (χ3v) is 1.16. The van der Waals surface area contributed by atoms with Crippen molar-refractivity contribution in [3.8, 4) is 0 Å². The molecule has 0 spiro atoms. The summed E-state index contributed by atoms with van der Waals surface area (Å²) < 4.78 is 0. The highest BCUT2D eigenvalue weighted by Crippen LogP contribution is 1.95. The molecule has 1 unspecified atom stereocenters. The van der Waals surface area contributed by atoms with Gasteiger partial charge in [-0.2, -0.15) is 0 Å². The Morgan fingerprint density at radius 1 is 1.70 bits per heavy atom. The number of rotatable bonds is 5. The topological polar surface area (TPSA) is 75.3 Å². The Hall–Kier alpha value is -0.610. The van der Waals surface area contributed by atoms with E-state index in [0.29, 0.717) is 19.3 Å².